The summed E-state index contributed by atoms with van der Waals surface area (Å²) in [6.45, 7) is 1.39. The van der Waals surface area contributed by atoms with Crippen molar-refractivity contribution in [3.63, 3.8) is 0 Å². The van der Waals surface area contributed by atoms with Crippen LogP contribution in [0.5, 0.6) is 0 Å². The molecule has 0 saturated heterocycles. The lowest BCUT2D eigenvalue weighted by molar-refractivity contribution is 0.278. The summed E-state index contributed by atoms with van der Waals surface area (Å²) >= 11 is 0. The molecule has 0 aliphatic carbocycles. The Balaban J connectivity index is 4.42. The summed E-state index contributed by atoms with van der Waals surface area (Å²) in [6.07, 6.45) is 0. The zero-order chi connectivity index (χ0) is 9.83. The first-order chi connectivity index (χ1) is 5.39. The van der Waals surface area contributed by atoms with Crippen LogP contribution in [0.1, 0.15) is 0 Å². The highest BCUT2D eigenvalue weighted by Gasteiger charge is 2.31. The molecule has 0 spiro atoms. The smallest absolute Gasteiger partial charge is 0.332 e. The summed E-state index contributed by atoms with van der Waals surface area (Å²) in [7, 11) is -2.25. The van der Waals surface area contributed by atoms with Gasteiger partial charge < -0.3 is 13.6 Å². The van der Waals surface area contributed by atoms with Crippen LogP contribution in [-0.2, 0) is 22.7 Å². The third-order valence-electron chi connectivity index (χ3n) is 1.37. The lowest BCUT2D eigenvalue weighted by atomic mass is 11.8. The van der Waals surface area contributed by atoms with Gasteiger partial charge in [-0.3, -0.25) is 9.13 Å². The molecule has 0 heterocycles. The van der Waals surface area contributed by atoms with Crippen LogP contribution in [0.4, 0.5) is 0 Å². The molecule has 0 rings (SSSR count). The molecule has 0 aliphatic heterocycles. The molecule has 0 saturated carbocycles. The topological polar surface area (TPSA) is 61.8 Å². The average Bonchev–Trinajstić information content (AvgIpc) is 2.04. The van der Waals surface area contributed by atoms with Crippen molar-refractivity contribution < 1.29 is 22.7 Å². The fourth-order valence-electron chi connectivity index (χ4n) is 0.562. The van der Waals surface area contributed by atoms with E-state index in [0.29, 0.717) is 0 Å². The molecule has 0 fully saturated rings. The van der Waals surface area contributed by atoms with E-state index in [2.05, 4.69) is 13.6 Å². The zero-order valence-corrected chi connectivity index (χ0v) is 9.43. The molecular formula is C5H14O5P2. The molecule has 7 heteroatoms. The Morgan fingerprint density at radius 1 is 1.00 bits per heavy atom. The molecule has 0 aromatic carbocycles. The van der Waals surface area contributed by atoms with E-state index in [4.69, 9.17) is 0 Å². The van der Waals surface area contributed by atoms with Crippen LogP contribution in [0.15, 0.2) is 0 Å². The molecule has 1 unspecified atom stereocenters. The van der Waals surface area contributed by atoms with Crippen molar-refractivity contribution in [2.45, 2.75) is 0 Å². The monoisotopic (exact) mass is 216 g/mol. The van der Waals surface area contributed by atoms with Gasteiger partial charge in [0.15, 0.2) is 0 Å². The van der Waals surface area contributed by atoms with E-state index < -0.39 is 15.0 Å². The van der Waals surface area contributed by atoms with Crippen molar-refractivity contribution in [3.8, 4) is 0 Å². The fourth-order valence-corrected chi connectivity index (χ4v) is 4.61. The van der Waals surface area contributed by atoms with Crippen molar-refractivity contribution in [2.24, 2.45) is 0 Å². The third-order valence-corrected chi connectivity index (χ3v) is 6.70. The standard InChI is InChI=1S/C5H14O5P2/c1-8-11(4,6)5-12(7,9-2)10-3/h5H2,1-4H3. The van der Waals surface area contributed by atoms with E-state index in [1.54, 1.807) is 0 Å². The summed E-state index contributed by atoms with van der Waals surface area (Å²) in [4.78, 5) is 0. The van der Waals surface area contributed by atoms with E-state index in [1.165, 1.54) is 28.0 Å². The second kappa shape index (κ2) is 4.54. The van der Waals surface area contributed by atoms with Gasteiger partial charge in [-0.1, -0.05) is 0 Å². The molecule has 0 N–H and O–H groups in total. The van der Waals surface area contributed by atoms with Gasteiger partial charge in [-0.15, -0.1) is 0 Å². The molecule has 0 bridgehead atoms. The summed E-state index contributed by atoms with van der Waals surface area (Å²) < 4.78 is 36.7. The predicted octanol–water partition coefficient (Wildman–Crippen LogP) is 1.98. The second-order valence-corrected chi connectivity index (χ2v) is 7.79. The molecular weight excluding hydrogens is 202 g/mol. The van der Waals surface area contributed by atoms with Gasteiger partial charge in [0, 0.05) is 28.0 Å². The van der Waals surface area contributed by atoms with Crippen molar-refractivity contribution in [2.75, 3.05) is 33.9 Å². The van der Waals surface area contributed by atoms with Crippen LogP contribution in [-0.4, -0.2) is 33.9 Å². The van der Waals surface area contributed by atoms with Gasteiger partial charge in [0.1, 0.15) is 5.90 Å². The molecule has 0 aliphatic rings. The molecule has 5 nitrogen and oxygen atoms in total. The molecule has 0 amide bonds. The first-order valence-corrected chi connectivity index (χ1v) is 7.20. The van der Waals surface area contributed by atoms with Crippen molar-refractivity contribution in [1.29, 1.82) is 0 Å². The number of hydrogen-bond acceptors (Lipinski definition) is 5. The Bertz CT molecular complexity index is 218. The van der Waals surface area contributed by atoms with Crippen LogP contribution in [0.2, 0.25) is 0 Å². The highest BCUT2D eigenvalue weighted by Crippen LogP contribution is 2.60. The molecule has 1 atom stereocenters. The van der Waals surface area contributed by atoms with Gasteiger partial charge >= 0.3 is 7.60 Å². The molecule has 74 valence electrons. The Hall–Kier alpha value is 0.340. The van der Waals surface area contributed by atoms with Gasteiger partial charge in [0.2, 0.25) is 7.37 Å². The molecule has 0 aromatic heterocycles. The maximum Gasteiger partial charge on any atom is 0.339 e. The average molecular weight is 216 g/mol. The lowest BCUT2D eigenvalue weighted by Gasteiger charge is -2.17. The van der Waals surface area contributed by atoms with Crippen LogP contribution in [0.25, 0.3) is 0 Å². The minimum Gasteiger partial charge on any atom is -0.332 e. The number of hydrogen-bond donors (Lipinski definition) is 0. The van der Waals surface area contributed by atoms with Crippen molar-refractivity contribution in [1.82, 2.24) is 0 Å². The Kier molecular flexibility index (Phi) is 4.67. The van der Waals surface area contributed by atoms with Gasteiger partial charge in [-0.05, 0) is 0 Å². The van der Waals surface area contributed by atoms with Gasteiger partial charge in [-0.2, -0.15) is 0 Å². The summed E-state index contributed by atoms with van der Waals surface area (Å²) in [5, 5.41) is 0. The summed E-state index contributed by atoms with van der Waals surface area (Å²) in [5.41, 5.74) is 0. The fraction of sp³-hybridized carbons (Fsp3) is 1.00. The lowest BCUT2D eigenvalue weighted by Crippen LogP contribution is -1.96. The first-order valence-electron chi connectivity index (χ1n) is 3.22. The SMILES string of the molecule is COP(C)(=O)CP(=O)(OC)OC. The highest BCUT2D eigenvalue weighted by atomic mass is 31.2. The van der Waals surface area contributed by atoms with Crippen molar-refractivity contribution >= 4 is 15.0 Å². The van der Waals surface area contributed by atoms with Crippen LogP contribution in [0.3, 0.4) is 0 Å². The Labute approximate surface area is 72.4 Å². The van der Waals surface area contributed by atoms with Gasteiger partial charge in [0.05, 0.1) is 0 Å². The maximum atomic E-state index is 11.4. The molecule has 0 radical (unpaired) electrons. The quantitative estimate of drug-likeness (QED) is 0.657. The predicted molar refractivity (Wildman–Crippen MR) is 47.0 cm³/mol. The van der Waals surface area contributed by atoms with Gasteiger partial charge in [-0.25, -0.2) is 0 Å². The summed E-state index contributed by atoms with van der Waals surface area (Å²) in [6, 6.07) is 0. The minimum absolute atomic E-state index is 0.191. The first kappa shape index (κ1) is 12.3. The van der Waals surface area contributed by atoms with E-state index >= 15 is 0 Å². The highest BCUT2D eigenvalue weighted by molar-refractivity contribution is 7.73. The van der Waals surface area contributed by atoms with E-state index in [0.717, 1.165) is 0 Å². The van der Waals surface area contributed by atoms with Crippen molar-refractivity contribution in [3.05, 3.63) is 0 Å². The molecule has 0 aromatic rings. The largest absolute Gasteiger partial charge is 0.339 e. The van der Waals surface area contributed by atoms with E-state index in [9.17, 15) is 9.13 Å². The van der Waals surface area contributed by atoms with Crippen LogP contribution in [0, 0.1) is 0 Å². The molecule has 12 heavy (non-hydrogen) atoms. The van der Waals surface area contributed by atoms with Crippen LogP contribution >= 0.6 is 15.0 Å². The summed E-state index contributed by atoms with van der Waals surface area (Å²) in [5.74, 6) is -0.191. The Morgan fingerprint density at radius 2 is 1.42 bits per heavy atom. The van der Waals surface area contributed by atoms with Gasteiger partial charge in [0.25, 0.3) is 0 Å². The minimum atomic E-state index is -3.21. The third kappa shape index (κ3) is 3.83. The van der Waals surface area contributed by atoms with E-state index in [-0.39, 0.29) is 5.90 Å². The van der Waals surface area contributed by atoms with Crippen LogP contribution < -0.4 is 0 Å². The second-order valence-electron chi connectivity index (χ2n) is 2.31. The normalized spacial score (nSPS) is 17.3. The van der Waals surface area contributed by atoms with E-state index in [1.807, 2.05) is 0 Å². The maximum absolute atomic E-state index is 11.4. The zero-order valence-electron chi connectivity index (χ0n) is 7.64. The number of rotatable bonds is 5. The Morgan fingerprint density at radius 3 is 1.67 bits per heavy atom.